The highest BCUT2D eigenvalue weighted by Gasteiger charge is 2.13. The number of rotatable bonds is 1. The molecule has 4 aromatic carbocycles. The molecule has 0 amide bonds. The van der Waals surface area contributed by atoms with Crippen LogP contribution in [0.4, 0.5) is 0 Å². The van der Waals surface area contributed by atoms with Crippen molar-refractivity contribution in [1.82, 2.24) is 9.38 Å². The van der Waals surface area contributed by atoms with Crippen molar-refractivity contribution < 1.29 is 0 Å². The highest BCUT2D eigenvalue weighted by Crippen LogP contribution is 2.34. The van der Waals surface area contributed by atoms with E-state index in [0.29, 0.717) is 0 Å². The lowest BCUT2D eigenvalue weighted by Crippen LogP contribution is -1.91. The van der Waals surface area contributed by atoms with Gasteiger partial charge in [-0.1, -0.05) is 66.7 Å². The number of para-hydroxylation sites is 3. The van der Waals surface area contributed by atoms with E-state index < -0.39 is 0 Å². The average molecular weight is 344 g/mol. The number of pyridine rings is 1. The third-order valence-corrected chi connectivity index (χ3v) is 5.36. The van der Waals surface area contributed by atoms with Crippen LogP contribution in [-0.2, 0) is 0 Å². The Labute approximate surface area is 156 Å². The molecule has 0 radical (unpaired) electrons. The molecule has 0 N–H and O–H groups in total. The molecule has 0 spiro atoms. The van der Waals surface area contributed by atoms with Crippen LogP contribution in [0.5, 0.6) is 0 Å². The van der Waals surface area contributed by atoms with Crippen molar-refractivity contribution in [3.8, 4) is 11.1 Å². The molecular formula is C25H16N2. The summed E-state index contributed by atoms with van der Waals surface area (Å²) in [6.07, 6.45) is 0. The summed E-state index contributed by atoms with van der Waals surface area (Å²) in [6, 6.07) is 34.2. The van der Waals surface area contributed by atoms with E-state index >= 15 is 0 Å². The van der Waals surface area contributed by atoms with Crippen LogP contribution >= 0.6 is 0 Å². The second-order valence-corrected chi connectivity index (χ2v) is 6.90. The summed E-state index contributed by atoms with van der Waals surface area (Å²) in [5.41, 5.74) is 6.86. The lowest BCUT2D eigenvalue weighted by molar-refractivity contribution is 1.31. The normalized spacial score (nSPS) is 11.7. The molecule has 2 heteroatoms. The maximum absolute atomic E-state index is 4.96. The van der Waals surface area contributed by atoms with Gasteiger partial charge in [-0.25, -0.2) is 4.98 Å². The first kappa shape index (κ1) is 14.5. The number of hydrogen-bond donors (Lipinski definition) is 0. The number of hydrogen-bond acceptors (Lipinski definition) is 1. The van der Waals surface area contributed by atoms with Crippen LogP contribution in [0.3, 0.4) is 0 Å². The fraction of sp³-hybridized carbons (Fsp3) is 0. The zero-order valence-electron chi connectivity index (χ0n) is 14.6. The van der Waals surface area contributed by atoms with Gasteiger partial charge in [-0.2, -0.15) is 0 Å². The molecule has 0 fully saturated rings. The fourth-order valence-electron chi connectivity index (χ4n) is 4.12. The monoisotopic (exact) mass is 344 g/mol. The first-order valence-electron chi connectivity index (χ1n) is 9.17. The van der Waals surface area contributed by atoms with Crippen LogP contribution in [0.25, 0.3) is 49.5 Å². The molecular weight excluding hydrogens is 328 g/mol. The van der Waals surface area contributed by atoms with Crippen LogP contribution < -0.4 is 0 Å². The van der Waals surface area contributed by atoms with E-state index in [1.54, 1.807) is 0 Å². The molecule has 27 heavy (non-hydrogen) atoms. The summed E-state index contributed by atoms with van der Waals surface area (Å²) in [7, 11) is 0. The Morgan fingerprint density at radius 3 is 2.15 bits per heavy atom. The van der Waals surface area contributed by atoms with Gasteiger partial charge in [-0.15, -0.1) is 0 Å². The van der Waals surface area contributed by atoms with E-state index in [1.165, 1.54) is 32.8 Å². The molecule has 0 atom stereocenters. The summed E-state index contributed by atoms with van der Waals surface area (Å²) < 4.78 is 2.29. The lowest BCUT2D eigenvalue weighted by atomic mass is 9.99. The summed E-state index contributed by atoms with van der Waals surface area (Å²) in [6.45, 7) is 0. The largest absolute Gasteiger partial charge is 0.292 e. The van der Waals surface area contributed by atoms with E-state index in [9.17, 15) is 0 Å². The molecule has 0 aliphatic rings. The molecule has 2 heterocycles. The fourth-order valence-corrected chi connectivity index (χ4v) is 4.12. The van der Waals surface area contributed by atoms with Gasteiger partial charge in [0.1, 0.15) is 5.65 Å². The first-order chi connectivity index (χ1) is 13.4. The van der Waals surface area contributed by atoms with Crippen LogP contribution in [-0.4, -0.2) is 9.38 Å². The van der Waals surface area contributed by atoms with Crippen LogP contribution in [0.15, 0.2) is 97.1 Å². The Kier molecular flexibility index (Phi) is 2.91. The van der Waals surface area contributed by atoms with Crippen LogP contribution in [0, 0.1) is 0 Å². The van der Waals surface area contributed by atoms with Crippen molar-refractivity contribution in [3.63, 3.8) is 0 Å². The van der Waals surface area contributed by atoms with Gasteiger partial charge in [-0.05, 0) is 46.8 Å². The maximum atomic E-state index is 4.96. The van der Waals surface area contributed by atoms with E-state index in [1.807, 2.05) is 6.07 Å². The molecule has 0 aliphatic carbocycles. The van der Waals surface area contributed by atoms with Gasteiger partial charge in [0.15, 0.2) is 0 Å². The minimum Gasteiger partial charge on any atom is -0.292 e. The number of imidazole rings is 1. The van der Waals surface area contributed by atoms with Gasteiger partial charge in [-0.3, -0.25) is 4.40 Å². The highest BCUT2D eigenvalue weighted by molar-refractivity contribution is 6.14. The van der Waals surface area contributed by atoms with Crippen molar-refractivity contribution in [2.75, 3.05) is 0 Å². The van der Waals surface area contributed by atoms with Crippen molar-refractivity contribution in [1.29, 1.82) is 0 Å². The molecule has 126 valence electrons. The van der Waals surface area contributed by atoms with E-state index in [2.05, 4.69) is 95.4 Å². The van der Waals surface area contributed by atoms with Crippen molar-refractivity contribution in [3.05, 3.63) is 97.1 Å². The van der Waals surface area contributed by atoms with Crippen LogP contribution in [0.2, 0.25) is 0 Å². The lowest BCUT2D eigenvalue weighted by Gasteiger charge is -2.10. The Hall–Kier alpha value is -3.65. The molecule has 0 saturated carbocycles. The Morgan fingerprint density at radius 2 is 1.26 bits per heavy atom. The van der Waals surface area contributed by atoms with Gasteiger partial charge in [0.05, 0.1) is 16.6 Å². The second kappa shape index (κ2) is 5.42. The summed E-state index contributed by atoms with van der Waals surface area (Å²) >= 11 is 0. The third-order valence-electron chi connectivity index (χ3n) is 5.36. The van der Waals surface area contributed by atoms with Crippen molar-refractivity contribution >= 4 is 38.4 Å². The first-order valence-corrected chi connectivity index (χ1v) is 9.17. The predicted octanol–water partition coefficient (Wildman–Crippen LogP) is 6.46. The SMILES string of the molecule is c1ccc(-c2ccc3c(c2)c2ccccc2n2c4ccccc4nc32)cc1. The number of benzene rings is 4. The molecule has 6 aromatic rings. The van der Waals surface area contributed by atoms with E-state index in [-0.39, 0.29) is 0 Å². The minimum atomic E-state index is 1.02. The van der Waals surface area contributed by atoms with Gasteiger partial charge in [0.25, 0.3) is 0 Å². The van der Waals surface area contributed by atoms with Gasteiger partial charge in [0.2, 0.25) is 0 Å². The quantitative estimate of drug-likeness (QED) is 0.313. The van der Waals surface area contributed by atoms with Gasteiger partial charge < -0.3 is 0 Å². The second-order valence-electron chi connectivity index (χ2n) is 6.90. The van der Waals surface area contributed by atoms with Crippen LogP contribution in [0.1, 0.15) is 0 Å². The Bertz CT molecular complexity index is 1460. The summed E-state index contributed by atoms with van der Waals surface area (Å²) in [5, 5.41) is 3.68. The summed E-state index contributed by atoms with van der Waals surface area (Å²) in [4.78, 5) is 4.96. The van der Waals surface area contributed by atoms with Crippen molar-refractivity contribution in [2.45, 2.75) is 0 Å². The standard InChI is InChI=1S/C25H16N2/c1-2-8-17(9-3-1)18-14-15-20-21(16-18)19-10-4-6-12-23(19)27-24-13-7-5-11-22(24)26-25(20)27/h1-16H. The molecule has 0 bridgehead atoms. The Morgan fingerprint density at radius 1 is 0.519 bits per heavy atom. The maximum Gasteiger partial charge on any atom is 0.146 e. The molecule has 6 rings (SSSR count). The third kappa shape index (κ3) is 2.04. The number of nitrogens with zero attached hydrogens (tertiary/aromatic N) is 2. The van der Waals surface area contributed by atoms with Gasteiger partial charge in [0, 0.05) is 10.8 Å². The molecule has 2 nitrogen and oxygen atoms in total. The van der Waals surface area contributed by atoms with Crippen molar-refractivity contribution in [2.24, 2.45) is 0 Å². The molecule has 2 aromatic heterocycles. The highest BCUT2D eigenvalue weighted by atomic mass is 15.0. The smallest absolute Gasteiger partial charge is 0.146 e. The predicted molar refractivity (Wildman–Crippen MR) is 113 cm³/mol. The average Bonchev–Trinajstić information content (AvgIpc) is 3.14. The minimum absolute atomic E-state index is 1.02. The molecule has 0 saturated heterocycles. The van der Waals surface area contributed by atoms with E-state index in [4.69, 9.17) is 4.98 Å². The number of fused-ring (bicyclic) bond motifs is 8. The molecule has 0 aliphatic heterocycles. The zero-order valence-corrected chi connectivity index (χ0v) is 14.6. The Balaban J connectivity index is 1.83. The number of aromatic nitrogens is 2. The topological polar surface area (TPSA) is 17.3 Å². The van der Waals surface area contributed by atoms with E-state index in [0.717, 1.165) is 16.7 Å². The zero-order chi connectivity index (χ0) is 17.8. The summed E-state index contributed by atoms with van der Waals surface area (Å²) in [5.74, 6) is 0. The molecule has 0 unspecified atom stereocenters. The van der Waals surface area contributed by atoms with Gasteiger partial charge >= 0.3 is 0 Å².